The number of benzene rings is 1. The lowest BCUT2D eigenvalue weighted by molar-refractivity contribution is -0.445. The fourth-order valence-electron chi connectivity index (χ4n) is 1.04. The number of fused-ring (bicyclic) bond motifs is 1. The van der Waals surface area contributed by atoms with Crippen molar-refractivity contribution in [2.24, 2.45) is 0 Å². The molecule has 0 atom stereocenters. The van der Waals surface area contributed by atoms with E-state index in [4.69, 9.17) is 24.7 Å². The van der Waals surface area contributed by atoms with Gasteiger partial charge in [0.15, 0.2) is 18.5 Å². The van der Waals surface area contributed by atoms with E-state index in [0.29, 0.717) is 0 Å². The molecule has 1 aliphatic heterocycles. The monoisotopic (exact) mass is 213 g/mol. The molecule has 0 aromatic heterocycles. The number of aliphatic hydroxyl groups excluding tert-OH is 1. The van der Waals surface area contributed by atoms with Gasteiger partial charge in [-0.3, -0.25) is 10.1 Å². The lowest BCUT2D eigenvalue weighted by Gasteiger charge is -1.97. The van der Waals surface area contributed by atoms with Crippen LogP contribution in [-0.2, 0) is 6.61 Å². The Morgan fingerprint density at radius 1 is 1.47 bits per heavy atom. The molecule has 15 heavy (non-hydrogen) atoms. The molecule has 6 nitrogen and oxygen atoms in total. The first-order chi connectivity index (χ1) is 7.13. The SMILES string of the molecule is C[N+](=O)[O-].OCc1ccc2c(c1)OCO2. The normalized spacial score (nSPS) is 11.6. The summed E-state index contributed by atoms with van der Waals surface area (Å²) in [7, 11) is 0.889. The number of nitro groups is 1. The van der Waals surface area contributed by atoms with E-state index in [1.807, 2.05) is 6.07 Å². The molecule has 0 bridgehead atoms. The number of ether oxygens (including phenoxy) is 2. The Hall–Kier alpha value is -1.82. The molecule has 1 aliphatic rings. The minimum Gasteiger partial charge on any atom is -0.454 e. The smallest absolute Gasteiger partial charge is 0.231 e. The van der Waals surface area contributed by atoms with E-state index in [1.54, 1.807) is 12.1 Å². The molecule has 0 unspecified atom stereocenters. The van der Waals surface area contributed by atoms with Crippen LogP contribution in [-0.4, -0.2) is 23.9 Å². The molecule has 82 valence electrons. The summed E-state index contributed by atoms with van der Waals surface area (Å²) in [5.41, 5.74) is 0.842. The Morgan fingerprint density at radius 2 is 2.07 bits per heavy atom. The van der Waals surface area contributed by atoms with Crippen LogP contribution in [0.1, 0.15) is 5.56 Å². The first-order valence-electron chi connectivity index (χ1n) is 4.21. The van der Waals surface area contributed by atoms with E-state index >= 15 is 0 Å². The van der Waals surface area contributed by atoms with Crippen LogP contribution in [0.15, 0.2) is 18.2 Å². The largest absolute Gasteiger partial charge is 0.454 e. The van der Waals surface area contributed by atoms with Crippen molar-refractivity contribution < 1.29 is 19.5 Å². The predicted molar refractivity (Wildman–Crippen MR) is 51.4 cm³/mol. The van der Waals surface area contributed by atoms with Gasteiger partial charge < -0.3 is 14.6 Å². The third kappa shape index (κ3) is 3.43. The van der Waals surface area contributed by atoms with E-state index in [-0.39, 0.29) is 13.4 Å². The molecule has 0 radical (unpaired) electrons. The highest BCUT2D eigenvalue weighted by Gasteiger charge is 2.12. The van der Waals surface area contributed by atoms with Gasteiger partial charge in [-0.05, 0) is 17.7 Å². The van der Waals surface area contributed by atoms with Crippen molar-refractivity contribution >= 4 is 0 Å². The van der Waals surface area contributed by atoms with Crippen LogP contribution in [0.3, 0.4) is 0 Å². The summed E-state index contributed by atoms with van der Waals surface area (Å²) in [6.45, 7) is 0.320. The Kier molecular flexibility index (Phi) is 3.87. The second-order valence-electron chi connectivity index (χ2n) is 2.79. The molecule has 0 spiro atoms. The lowest BCUT2D eigenvalue weighted by atomic mass is 10.2. The highest BCUT2D eigenvalue weighted by molar-refractivity contribution is 5.44. The van der Waals surface area contributed by atoms with Crippen LogP contribution in [0.5, 0.6) is 11.5 Å². The fourth-order valence-corrected chi connectivity index (χ4v) is 1.04. The standard InChI is InChI=1S/C8H8O3.CH3NO2/c9-4-6-1-2-7-8(3-6)11-5-10-7;1-2(3)4/h1-3,9H,4-5H2;1H3. The van der Waals surface area contributed by atoms with Gasteiger partial charge in [-0.1, -0.05) is 6.07 Å². The summed E-state index contributed by atoms with van der Waals surface area (Å²) < 4.78 is 10.2. The van der Waals surface area contributed by atoms with Crippen LogP contribution >= 0.6 is 0 Å². The summed E-state index contributed by atoms with van der Waals surface area (Å²) in [5.74, 6) is 1.47. The van der Waals surface area contributed by atoms with Crippen molar-refractivity contribution in [2.75, 3.05) is 13.8 Å². The maximum atomic E-state index is 8.81. The summed E-state index contributed by atoms with van der Waals surface area (Å²) in [6.07, 6.45) is 0. The summed E-state index contributed by atoms with van der Waals surface area (Å²) >= 11 is 0. The highest BCUT2D eigenvalue weighted by Crippen LogP contribution is 2.32. The van der Waals surface area contributed by atoms with Gasteiger partial charge in [-0.15, -0.1) is 0 Å². The third-order valence-corrected chi connectivity index (χ3v) is 1.62. The van der Waals surface area contributed by atoms with Crippen LogP contribution in [0.4, 0.5) is 0 Å². The number of hydrogen-bond donors (Lipinski definition) is 1. The van der Waals surface area contributed by atoms with Crippen LogP contribution in [0.25, 0.3) is 0 Å². The van der Waals surface area contributed by atoms with Crippen molar-refractivity contribution in [3.05, 3.63) is 33.9 Å². The van der Waals surface area contributed by atoms with Gasteiger partial charge in [-0.2, -0.15) is 0 Å². The van der Waals surface area contributed by atoms with E-state index in [0.717, 1.165) is 24.1 Å². The zero-order valence-electron chi connectivity index (χ0n) is 8.17. The Labute approximate surface area is 86.2 Å². The van der Waals surface area contributed by atoms with Crippen LogP contribution < -0.4 is 9.47 Å². The second-order valence-corrected chi connectivity index (χ2v) is 2.79. The van der Waals surface area contributed by atoms with Gasteiger partial charge in [0.05, 0.1) is 6.61 Å². The number of nitrogens with zero attached hydrogens (tertiary/aromatic N) is 1. The van der Waals surface area contributed by atoms with Crippen LogP contribution in [0, 0.1) is 10.1 Å². The van der Waals surface area contributed by atoms with Gasteiger partial charge >= 0.3 is 0 Å². The first-order valence-corrected chi connectivity index (χ1v) is 4.21. The first kappa shape index (κ1) is 11.3. The van der Waals surface area contributed by atoms with Crippen molar-refractivity contribution in [2.45, 2.75) is 6.61 Å². The molecular weight excluding hydrogens is 202 g/mol. The number of aliphatic hydroxyl groups is 1. The summed E-state index contributed by atoms with van der Waals surface area (Å²) in [5, 5.41) is 17.6. The van der Waals surface area contributed by atoms with Crippen molar-refractivity contribution in [1.29, 1.82) is 0 Å². The Morgan fingerprint density at radius 3 is 2.67 bits per heavy atom. The zero-order chi connectivity index (χ0) is 11.3. The third-order valence-electron chi connectivity index (χ3n) is 1.62. The number of rotatable bonds is 1. The van der Waals surface area contributed by atoms with Gasteiger partial charge in [0.2, 0.25) is 6.79 Å². The maximum Gasteiger partial charge on any atom is 0.231 e. The van der Waals surface area contributed by atoms with Crippen molar-refractivity contribution in [3.63, 3.8) is 0 Å². The summed E-state index contributed by atoms with van der Waals surface area (Å²) in [6, 6.07) is 5.39. The molecule has 1 aromatic carbocycles. The molecule has 0 fully saturated rings. The lowest BCUT2D eigenvalue weighted by Crippen LogP contribution is -1.92. The average molecular weight is 213 g/mol. The maximum absolute atomic E-state index is 8.81. The molecule has 1 N–H and O–H groups in total. The highest BCUT2D eigenvalue weighted by atomic mass is 16.7. The molecule has 1 heterocycles. The minimum atomic E-state index is -0.500. The Balaban J connectivity index is 0.000000245. The van der Waals surface area contributed by atoms with E-state index in [1.165, 1.54) is 0 Å². The molecule has 6 heteroatoms. The Bertz CT molecular complexity index is 348. The quantitative estimate of drug-likeness (QED) is 0.551. The zero-order valence-corrected chi connectivity index (χ0v) is 8.17. The van der Waals surface area contributed by atoms with Gasteiger partial charge in [0.1, 0.15) is 0 Å². The molecule has 0 aliphatic carbocycles. The van der Waals surface area contributed by atoms with E-state index in [9.17, 15) is 0 Å². The topological polar surface area (TPSA) is 81.8 Å². The van der Waals surface area contributed by atoms with E-state index < -0.39 is 4.92 Å². The molecule has 2 rings (SSSR count). The summed E-state index contributed by atoms with van der Waals surface area (Å²) in [4.78, 5) is 8.31. The number of hydrogen-bond acceptors (Lipinski definition) is 5. The second kappa shape index (κ2) is 5.16. The van der Waals surface area contributed by atoms with Gasteiger partial charge in [-0.25, -0.2) is 0 Å². The minimum absolute atomic E-state index is 0.0383. The molecular formula is C9H11NO5. The average Bonchev–Trinajstić information content (AvgIpc) is 2.63. The molecule has 0 saturated carbocycles. The van der Waals surface area contributed by atoms with Crippen molar-refractivity contribution in [3.8, 4) is 11.5 Å². The van der Waals surface area contributed by atoms with Crippen molar-refractivity contribution in [1.82, 2.24) is 0 Å². The van der Waals surface area contributed by atoms with E-state index in [2.05, 4.69) is 0 Å². The van der Waals surface area contributed by atoms with Gasteiger partial charge in [0, 0.05) is 4.92 Å². The molecule has 1 aromatic rings. The fraction of sp³-hybridized carbons (Fsp3) is 0.333. The molecule has 0 saturated heterocycles. The molecule has 0 amide bonds. The van der Waals surface area contributed by atoms with Crippen LogP contribution in [0.2, 0.25) is 0 Å². The van der Waals surface area contributed by atoms with Gasteiger partial charge in [0.25, 0.3) is 0 Å². The predicted octanol–water partition coefficient (Wildman–Crippen LogP) is 0.800.